The zero-order valence-corrected chi connectivity index (χ0v) is 12.1. The second-order valence-corrected chi connectivity index (χ2v) is 5.92. The monoisotopic (exact) mass is 263 g/mol. The molecule has 4 heteroatoms. The van der Waals surface area contributed by atoms with Gasteiger partial charge in [-0.2, -0.15) is 11.8 Å². The molecule has 0 aliphatic carbocycles. The number of fused-ring (bicyclic) bond motifs is 1. The van der Waals surface area contributed by atoms with Gasteiger partial charge < -0.3 is 9.88 Å². The topological polar surface area (TPSA) is 31.9 Å². The molecule has 1 N–H and O–H groups in total. The Kier molecular flexibility index (Phi) is 4.53. The van der Waals surface area contributed by atoms with Gasteiger partial charge in [0.1, 0.15) is 0 Å². The third-order valence-electron chi connectivity index (χ3n) is 3.26. The van der Waals surface area contributed by atoms with Crippen LogP contribution >= 0.6 is 11.8 Å². The van der Waals surface area contributed by atoms with Crippen LogP contribution in [0.15, 0.2) is 24.3 Å². The van der Waals surface area contributed by atoms with E-state index >= 15 is 0 Å². The van der Waals surface area contributed by atoms with Crippen molar-refractivity contribution < 1.29 is 0 Å². The fourth-order valence-corrected chi connectivity index (χ4v) is 2.70. The summed E-state index contributed by atoms with van der Waals surface area (Å²) < 4.78 is 0. The Hall–Kier alpha value is -1.16. The maximum atomic E-state index is 4.63. The molecule has 18 heavy (non-hydrogen) atoms. The van der Waals surface area contributed by atoms with E-state index in [4.69, 9.17) is 0 Å². The smallest absolute Gasteiger partial charge is 0.203 e. The summed E-state index contributed by atoms with van der Waals surface area (Å²) in [7, 11) is 2.11. The van der Waals surface area contributed by atoms with Crippen molar-refractivity contribution in [1.82, 2.24) is 9.97 Å². The minimum atomic E-state index is 0.504. The predicted molar refractivity (Wildman–Crippen MR) is 81.6 cm³/mol. The lowest BCUT2D eigenvalue weighted by Crippen LogP contribution is -2.30. The summed E-state index contributed by atoms with van der Waals surface area (Å²) >= 11 is 2.00. The Bertz CT molecular complexity index is 461. The van der Waals surface area contributed by atoms with Crippen LogP contribution in [0.25, 0.3) is 11.0 Å². The van der Waals surface area contributed by atoms with Crippen LogP contribution in [-0.2, 0) is 0 Å². The van der Waals surface area contributed by atoms with E-state index in [0.717, 1.165) is 17.0 Å². The van der Waals surface area contributed by atoms with Crippen molar-refractivity contribution in [3.63, 3.8) is 0 Å². The number of hydrogen-bond acceptors (Lipinski definition) is 3. The summed E-state index contributed by atoms with van der Waals surface area (Å²) in [6, 6.07) is 8.67. The second-order valence-electron chi connectivity index (χ2n) is 4.52. The molecule has 3 nitrogen and oxygen atoms in total. The highest BCUT2D eigenvalue weighted by Crippen LogP contribution is 2.19. The molecule has 0 aliphatic heterocycles. The lowest BCUT2D eigenvalue weighted by molar-refractivity contribution is 0.657. The van der Waals surface area contributed by atoms with Crippen LogP contribution in [0.3, 0.4) is 0 Å². The van der Waals surface area contributed by atoms with Crippen LogP contribution in [0.2, 0.25) is 0 Å². The third-order valence-corrected chi connectivity index (χ3v) is 4.19. The first-order valence-electron chi connectivity index (χ1n) is 6.47. The summed E-state index contributed by atoms with van der Waals surface area (Å²) in [5, 5.41) is 0. The van der Waals surface area contributed by atoms with Gasteiger partial charge in [0.25, 0.3) is 0 Å². The van der Waals surface area contributed by atoms with E-state index in [1.54, 1.807) is 0 Å². The number of benzene rings is 1. The van der Waals surface area contributed by atoms with Crippen LogP contribution in [0.5, 0.6) is 0 Å². The fraction of sp³-hybridized carbons (Fsp3) is 0.500. The molecule has 2 rings (SSSR count). The van der Waals surface area contributed by atoms with Crippen molar-refractivity contribution in [3.05, 3.63) is 24.3 Å². The van der Waals surface area contributed by atoms with Gasteiger partial charge in [-0.3, -0.25) is 0 Å². The molecule has 1 aromatic carbocycles. The molecule has 0 bridgehead atoms. The lowest BCUT2D eigenvalue weighted by atomic mass is 10.2. The molecule has 0 saturated carbocycles. The number of nitrogens with one attached hydrogen (secondary N) is 1. The van der Waals surface area contributed by atoms with Crippen molar-refractivity contribution in [2.45, 2.75) is 26.3 Å². The Labute approximate surface area is 113 Å². The van der Waals surface area contributed by atoms with Crippen molar-refractivity contribution >= 4 is 28.7 Å². The van der Waals surface area contributed by atoms with Gasteiger partial charge in [-0.1, -0.05) is 19.1 Å². The minimum Gasteiger partial charge on any atom is -0.343 e. The molecule has 2 aromatic rings. The maximum absolute atomic E-state index is 4.63. The zero-order chi connectivity index (χ0) is 13.0. The molecule has 0 saturated heterocycles. The van der Waals surface area contributed by atoms with E-state index in [2.05, 4.69) is 41.8 Å². The van der Waals surface area contributed by atoms with Gasteiger partial charge in [0.2, 0.25) is 5.95 Å². The van der Waals surface area contributed by atoms with Crippen LogP contribution < -0.4 is 4.90 Å². The highest BCUT2D eigenvalue weighted by Gasteiger charge is 2.13. The van der Waals surface area contributed by atoms with Gasteiger partial charge in [-0.15, -0.1) is 0 Å². The van der Waals surface area contributed by atoms with E-state index in [1.165, 1.54) is 17.9 Å². The first kappa shape index (κ1) is 13.3. The number of anilines is 1. The molecular formula is C14H21N3S. The summed E-state index contributed by atoms with van der Waals surface area (Å²) in [5.74, 6) is 3.37. The average Bonchev–Trinajstić information content (AvgIpc) is 2.81. The lowest BCUT2D eigenvalue weighted by Gasteiger charge is -2.24. The molecule has 1 heterocycles. The van der Waals surface area contributed by atoms with Crippen molar-refractivity contribution in [2.75, 3.05) is 23.5 Å². The van der Waals surface area contributed by atoms with Gasteiger partial charge in [0.15, 0.2) is 0 Å². The molecule has 0 fully saturated rings. The van der Waals surface area contributed by atoms with Crippen molar-refractivity contribution in [1.29, 1.82) is 0 Å². The number of aromatic nitrogens is 2. The highest BCUT2D eigenvalue weighted by molar-refractivity contribution is 7.99. The van der Waals surface area contributed by atoms with E-state index in [9.17, 15) is 0 Å². The highest BCUT2D eigenvalue weighted by atomic mass is 32.2. The van der Waals surface area contributed by atoms with Gasteiger partial charge in [0.05, 0.1) is 11.0 Å². The number of para-hydroxylation sites is 2. The molecule has 0 amide bonds. The largest absolute Gasteiger partial charge is 0.343 e. The van der Waals surface area contributed by atoms with Gasteiger partial charge >= 0.3 is 0 Å². The van der Waals surface area contributed by atoms with Gasteiger partial charge in [-0.25, -0.2) is 4.98 Å². The van der Waals surface area contributed by atoms with Crippen molar-refractivity contribution in [3.8, 4) is 0 Å². The number of rotatable bonds is 6. The minimum absolute atomic E-state index is 0.504. The summed E-state index contributed by atoms with van der Waals surface area (Å²) in [5.41, 5.74) is 2.14. The second kappa shape index (κ2) is 6.14. The van der Waals surface area contributed by atoms with Gasteiger partial charge in [-0.05, 0) is 37.0 Å². The standard InChI is InChI=1S/C14H21N3S/c1-4-18-10-9-11(2)17(3)14-15-12-7-5-6-8-13(12)16-14/h5-8,11H,4,9-10H2,1-3H3,(H,15,16). The molecule has 0 aliphatic rings. The Morgan fingerprint density at radius 3 is 2.89 bits per heavy atom. The Balaban J connectivity index is 2.05. The van der Waals surface area contributed by atoms with Crippen LogP contribution in [0.4, 0.5) is 5.95 Å². The Morgan fingerprint density at radius 2 is 2.17 bits per heavy atom. The summed E-state index contributed by atoms with van der Waals surface area (Å²) in [6.07, 6.45) is 1.19. The van der Waals surface area contributed by atoms with Crippen LogP contribution in [0.1, 0.15) is 20.3 Å². The van der Waals surface area contributed by atoms with E-state index in [1.807, 2.05) is 30.0 Å². The fourth-order valence-electron chi connectivity index (χ4n) is 1.91. The number of imidazole rings is 1. The number of thioether (sulfide) groups is 1. The molecule has 98 valence electrons. The molecule has 1 unspecified atom stereocenters. The third kappa shape index (κ3) is 2.99. The van der Waals surface area contributed by atoms with E-state index in [0.29, 0.717) is 6.04 Å². The average molecular weight is 263 g/mol. The van der Waals surface area contributed by atoms with E-state index in [-0.39, 0.29) is 0 Å². The number of nitrogens with zero attached hydrogens (tertiary/aromatic N) is 2. The number of hydrogen-bond donors (Lipinski definition) is 1. The van der Waals surface area contributed by atoms with Crippen LogP contribution in [0, 0.1) is 0 Å². The molecular weight excluding hydrogens is 242 g/mol. The zero-order valence-electron chi connectivity index (χ0n) is 11.3. The summed E-state index contributed by atoms with van der Waals surface area (Å²) in [6.45, 7) is 4.46. The normalized spacial score (nSPS) is 12.8. The molecule has 1 aromatic heterocycles. The first-order chi connectivity index (χ1) is 8.72. The van der Waals surface area contributed by atoms with E-state index < -0.39 is 0 Å². The maximum Gasteiger partial charge on any atom is 0.203 e. The Morgan fingerprint density at radius 1 is 1.39 bits per heavy atom. The molecule has 1 atom stereocenters. The predicted octanol–water partition coefficient (Wildman–Crippen LogP) is 3.53. The quantitative estimate of drug-likeness (QED) is 0.809. The van der Waals surface area contributed by atoms with Crippen LogP contribution in [-0.4, -0.2) is 34.6 Å². The number of H-pyrrole nitrogens is 1. The number of aromatic amines is 1. The van der Waals surface area contributed by atoms with Gasteiger partial charge in [0, 0.05) is 13.1 Å². The first-order valence-corrected chi connectivity index (χ1v) is 7.63. The summed E-state index contributed by atoms with van der Waals surface area (Å²) in [4.78, 5) is 10.2. The SMILES string of the molecule is CCSCCC(C)N(C)c1nc2ccccc2[nH]1. The molecule has 0 radical (unpaired) electrons. The molecule has 0 spiro atoms. The van der Waals surface area contributed by atoms with Crippen molar-refractivity contribution in [2.24, 2.45) is 0 Å².